The molecule has 1 amide bonds. The number of nitrogens with one attached hydrogen (secondary N) is 1. The minimum atomic E-state index is -0.0149. The van der Waals surface area contributed by atoms with Gasteiger partial charge in [-0.1, -0.05) is 0 Å². The molecule has 3 N–H and O–H groups in total. The maximum absolute atomic E-state index is 12.3. The molecule has 1 aromatic rings. The molecule has 4 atom stereocenters. The molecule has 0 spiro atoms. The van der Waals surface area contributed by atoms with Gasteiger partial charge in [0.15, 0.2) is 0 Å². The van der Waals surface area contributed by atoms with Crippen molar-refractivity contribution >= 4 is 11.7 Å². The summed E-state index contributed by atoms with van der Waals surface area (Å²) in [4.78, 5) is 12.3. The van der Waals surface area contributed by atoms with E-state index in [1.807, 2.05) is 20.0 Å². The van der Waals surface area contributed by atoms with Crippen LogP contribution in [0.4, 0.5) is 5.82 Å². The average molecular weight is 248 g/mol. The predicted octanol–water partition coefficient (Wildman–Crippen LogP) is 1.04. The SMILES string of the molecule is Cc1cc(NC(=O)C2C3CCC(C3)C2N)n(C)n1. The number of nitrogens with two attached hydrogens (primary N) is 1. The Bertz CT molecular complexity index is 479. The maximum atomic E-state index is 12.3. The second kappa shape index (κ2) is 4.09. The average Bonchev–Trinajstić information content (AvgIpc) is 2.94. The first kappa shape index (κ1) is 11.7. The van der Waals surface area contributed by atoms with Crippen molar-refractivity contribution in [3.05, 3.63) is 11.8 Å². The zero-order valence-electron chi connectivity index (χ0n) is 10.9. The zero-order chi connectivity index (χ0) is 12.9. The largest absolute Gasteiger partial charge is 0.327 e. The number of aryl methyl sites for hydroxylation is 2. The number of carbonyl (C=O) groups is 1. The summed E-state index contributed by atoms with van der Waals surface area (Å²) >= 11 is 0. The third-order valence-electron chi connectivity index (χ3n) is 4.54. The highest BCUT2D eigenvalue weighted by Crippen LogP contribution is 2.47. The van der Waals surface area contributed by atoms with Crippen molar-refractivity contribution < 1.29 is 4.79 Å². The lowest BCUT2D eigenvalue weighted by atomic mass is 9.84. The zero-order valence-corrected chi connectivity index (χ0v) is 10.9. The fourth-order valence-corrected chi connectivity index (χ4v) is 3.66. The highest BCUT2D eigenvalue weighted by molar-refractivity contribution is 5.93. The molecule has 2 fully saturated rings. The van der Waals surface area contributed by atoms with Crippen molar-refractivity contribution in [2.45, 2.75) is 32.2 Å². The monoisotopic (exact) mass is 248 g/mol. The van der Waals surface area contributed by atoms with E-state index in [0.717, 1.165) is 24.4 Å². The summed E-state index contributed by atoms with van der Waals surface area (Å²) in [5, 5.41) is 7.20. The lowest BCUT2D eigenvalue weighted by Gasteiger charge is -2.26. The van der Waals surface area contributed by atoms with Gasteiger partial charge in [0.05, 0.1) is 11.6 Å². The number of hydrogen-bond acceptors (Lipinski definition) is 3. The fourth-order valence-electron chi connectivity index (χ4n) is 3.66. The Hall–Kier alpha value is -1.36. The van der Waals surface area contributed by atoms with Gasteiger partial charge in [-0.3, -0.25) is 9.48 Å². The van der Waals surface area contributed by atoms with Gasteiger partial charge < -0.3 is 11.1 Å². The third kappa shape index (κ3) is 1.73. The van der Waals surface area contributed by atoms with Crippen LogP contribution in [0.15, 0.2) is 6.07 Å². The van der Waals surface area contributed by atoms with E-state index in [1.54, 1.807) is 4.68 Å². The first-order valence-electron chi connectivity index (χ1n) is 6.63. The molecule has 2 aliphatic rings. The van der Waals surface area contributed by atoms with Crippen molar-refractivity contribution in [1.29, 1.82) is 0 Å². The molecule has 1 heterocycles. The summed E-state index contributed by atoms with van der Waals surface area (Å²) in [5.74, 6) is 1.85. The Labute approximate surface area is 107 Å². The Balaban J connectivity index is 1.74. The van der Waals surface area contributed by atoms with Crippen molar-refractivity contribution in [3.8, 4) is 0 Å². The van der Waals surface area contributed by atoms with E-state index in [-0.39, 0.29) is 17.9 Å². The van der Waals surface area contributed by atoms with E-state index in [9.17, 15) is 4.79 Å². The normalized spacial score (nSPS) is 33.9. The molecular formula is C13H20N4O. The minimum Gasteiger partial charge on any atom is -0.327 e. The van der Waals surface area contributed by atoms with Crippen molar-refractivity contribution in [2.24, 2.45) is 30.5 Å². The molecule has 3 rings (SSSR count). The van der Waals surface area contributed by atoms with Gasteiger partial charge in [-0.15, -0.1) is 0 Å². The van der Waals surface area contributed by atoms with Crippen LogP contribution < -0.4 is 11.1 Å². The molecule has 2 aliphatic carbocycles. The van der Waals surface area contributed by atoms with Gasteiger partial charge in [0.2, 0.25) is 5.91 Å². The van der Waals surface area contributed by atoms with Crippen LogP contribution in [-0.2, 0) is 11.8 Å². The maximum Gasteiger partial charge on any atom is 0.230 e. The second-order valence-electron chi connectivity index (χ2n) is 5.72. The van der Waals surface area contributed by atoms with Crippen molar-refractivity contribution in [3.63, 3.8) is 0 Å². The third-order valence-corrected chi connectivity index (χ3v) is 4.54. The van der Waals surface area contributed by atoms with Crippen LogP contribution in [-0.4, -0.2) is 21.7 Å². The number of fused-ring (bicyclic) bond motifs is 2. The van der Waals surface area contributed by atoms with E-state index in [4.69, 9.17) is 5.73 Å². The number of hydrogen-bond donors (Lipinski definition) is 2. The van der Waals surface area contributed by atoms with Gasteiger partial charge >= 0.3 is 0 Å². The number of nitrogens with zero attached hydrogens (tertiary/aromatic N) is 2. The minimum absolute atomic E-state index is 0.0149. The Morgan fingerprint density at radius 1 is 1.50 bits per heavy atom. The van der Waals surface area contributed by atoms with E-state index in [0.29, 0.717) is 11.8 Å². The van der Waals surface area contributed by atoms with E-state index in [1.165, 1.54) is 6.42 Å². The summed E-state index contributed by atoms with van der Waals surface area (Å²) < 4.78 is 1.70. The first-order chi connectivity index (χ1) is 8.56. The van der Waals surface area contributed by atoms with Crippen molar-refractivity contribution in [2.75, 3.05) is 5.32 Å². The standard InChI is InChI=1S/C13H20N4O/c1-7-5-10(17(2)16-7)15-13(18)11-8-3-4-9(6-8)12(11)14/h5,8-9,11-12H,3-4,6,14H2,1-2H3,(H,15,18). The summed E-state index contributed by atoms with van der Waals surface area (Å²) in [5.41, 5.74) is 7.09. The number of carbonyl (C=O) groups excluding carboxylic acids is 1. The van der Waals surface area contributed by atoms with Crippen LogP contribution in [0.25, 0.3) is 0 Å². The molecule has 4 unspecified atom stereocenters. The molecule has 5 nitrogen and oxygen atoms in total. The molecule has 0 aliphatic heterocycles. The van der Waals surface area contributed by atoms with Gasteiger partial charge in [-0.2, -0.15) is 5.10 Å². The van der Waals surface area contributed by atoms with Gasteiger partial charge in [-0.25, -0.2) is 0 Å². The van der Waals surface area contributed by atoms with Gasteiger partial charge in [-0.05, 0) is 38.0 Å². The molecular weight excluding hydrogens is 228 g/mol. The fraction of sp³-hybridized carbons (Fsp3) is 0.692. The lowest BCUT2D eigenvalue weighted by Crippen LogP contribution is -2.42. The topological polar surface area (TPSA) is 72.9 Å². The number of amides is 1. The summed E-state index contributed by atoms with van der Waals surface area (Å²) in [6.45, 7) is 1.92. The smallest absolute Gasteiger partial charge is 0.230 e. The summed E-state index contributed by atoms with van der Waals surface area (Å²) in [7, 11) is 1.84. The molecule has 2 saturated carbocycles. The van der Waals surface area contributed by atoms with Gasteiger partial charge in [0, 0.05) is 19.2 Å². The van der Waals surface area contributed by atoms with Gasteiger partial charge in [0.1, 0.15) is 5.82 Å². The van der Waals surface area contributed by atoms with E-state index >= 15 is 0 Å². The number of anilines is 1. The lowest BCUT2D eigenvalue weighted by molar-refractivity contribution is -0.121. The highest BCUT2D eigenvalue weighted by atomic mass is 16.2. The first-order valence-corrected chi connectivity index (χ1v) is 6.63. The van der Waals surface area contributed by atoms with Crippen LogP contribution in [0.3, 0.4) is 0 Å². The Morgan fingerprint density at radius 3 is 2.78 bits per heavy atom. The van der Waals surface area contributed by atoms with Crippen LogP contribution in [0, 0.1) is 24.7 Å². The quantitative estimate of drug-likeness (QED) is 0.821. The predicted molar refractivity (Wildman–Crippen MR) is 68.9 cm³/mol. The van der Waals surface area contributed by atoms with Crippen LogP contribution >= 0.6 is 0 Å². The Kier molecular flexibility index (Phi) is 2.66. The second-order valence-corrected chi connectivity index (χ2v) is 5.72. The van der Waals surface area contributed by atoms with E-state index in [2.05, 4.69) is 10.4 Å². The molecule has 18 heavy (non-hydrogen) atoms. The van der Waals surface area contributed by atoms with Crippen LogP contribution in [0.2, 0.25) is 0 Å². The molecule has 98 valence electrons. The van der Waals surface area contributed by atoms with Crippen LogP contribution in [0.5, 0.6) is 0 Å². The molecule has 1 aromatic heterocycles. The molecule has 2 bridgehead atoms. The molecule has 0 saturated heterocycles. The highest BCUT2D eigenvalue weighted by Gasteiger charge is 2.49. The number of aromatic nitrogens is 2. The molecule has 0 radical (unpaired) electrons. The summed E-state index contributed by atoms with van der Waals surface area (Å²) in [6, 6.07) is 1.93. The summed E-state index contributed by atoms with van der Waals surface area (Å²) in [6.07, 6.45) is 3.48. The van der Waals surface area contributed by atoms with Gasteiger partial charge in [0.25, 0.3) is 0 Å². The Morgan fingerprint density at radius 2 is 2.22 bits per heavy atom. The molecule has 0 aromatic carbocycles. The van der Waals surface area contributed by atoms with E-state index < -0.39 is 0 Å². The number of rotatable bonds is 2. The van der Waals surface area contributed by atoms with Crippen LogP contribution in [0.1, 0.15) is 25.0 Å². The molecule has 5 heteroatoms. The van der Waals surface area contributed by atoms with Crippen molar-refractivity contribution in [1.82, 2.24) is 9.78 Å².